The highest BCUT2D eigenvalue weighted by Crippen LogP contribution is 2.36. The van der Waals surface area contributed by atoms with Crippen molar-refractivity contribution in [2.45, 2.75) is 45.3 Å². The SMILES string of the molecule is C/C=C\C(C=C/C=C/NC)c1c(-c2ncco2)cn2ncnc(N)c12.CC(F)(F)F.CN=C1C=CCC(C)N1. The second-order valence-electron chi connectivity index (χ2n) is 8.39. The number of nitrogens with one attached hydrogen (secondary N) is 2. The van der Waals surface area contributed by atoms with Crippen molar-refractivity contribution in [1.82, 2.24) is 30.2 Å². The van der Waals surface area contributed by atoms with E-state index in [1.54, 1.807) is 24.0 Å². The highest BCUT2D eigenvalue weighted by Gasteiger charge is 2.23. The zero-order chi connectivity index (χ0) is 28.8. The predicted octanol–water partition coefficient (Wildman–Crippen LogP) is 5.44. The van der Waals surface area contributed by atoms with Crippen molar-refractivity contribution in [2.24, 2.45) is 4.99 Å². The number of allylic oxidation sites excluding steroid dienone is 5. The topological polar surface area (TPSA) is 119 Å². The summed E-state index contributed by atoms with van der Waals surface area (Å²) >= 11 is 0. The van der Waals surface area contributed by atoms with Crippen LogP contribution in [0.2, 0.25) is 0 Å². The van der Waals surface area contributed by atoms with Crippen LogP contribution in [-0.4, -0.2) is 51.7 Å². The van der Waals surface area contributed by atoms with Gasteiger partial charge in [-0.15, -0.1) is 0 Å². The number of aliphatic imine (C=N–C) groups is 1. The van der Waals surface area contributed by atoms with Gasteiger partial charge in [-0.1, -0.05) is 30.4 Å². The van der Waals surface area contributed by atoms with Crippen LogP contribution in [0.3, 0.4) is 0 Å². The lowest BCUT2D eigenvalue weighted by molar-refractivity contribution is -0.110. The maximum atomic E-state index is 10.4. The molecule has 0 aliphatic carbocycles. The second-order valence-corrected chi connectivity index (χ2v) is 8.39. The molecule has 4 heterocycles. The molecule has 0 amide bonds. The molecule has 0 saturated carbocycles. The standard InChI is InChI=1S/C18H20N6O.C7H12N2.C2H3F3/c1-3-6-13(7-4-5-8-20-2)15-14(18-21-9-10-25-18)11-24-16(15)17(19)22-12-23-24;1-6-4-3-5-7(8-2)9-6;1-2(3,4)5/h3-13,20H,1-2H3,(H2,19,22,23);3,5-6H,4H2,1-2H3,(H,8,9);1H3/b6-3-,7-4?,8-5+;;. The minimum Gasteiger partial charge on any atom is -0.444 e. The maximum absolute atomic E-state index is 10.4. The van der Waals surface area contributed by atoms with Gasteiger partial charge in [0.05, 0.1) is 11.8 Å². The smallest absolute Gasteiger partial charge is 0.386 e. The van der Waals surface area contributed by atoms with E-state index in [2.05, 4.69) is 55.8 Å². The molecule has 0 aromatic carbocycles. The molecule has 0 saturated heterocycles. The third-order valence-corrected chi connectivity index (χ3v) is 5.13. The normalized spacial score (nSPS) is 17.2. The molecule has 3 aromatic heterocycles. The van der Waals surface area contributed by atoms with Crippen LogP contribution in [0.15, 0.2) is 83.1 Å². The Bertz CT molecular complexity index is 1300. The highest BCUT2D eigenvalue weighted by atomic mass is 19.4. The number of rotatable bonds is 6. The fraction of sp³-hybridized carbons (Fsp3) is 0.333. The Labute approximate surface area is 226 Å². The molecule has 2 unspecified atom stereocenters. The van der Waals surface area contributed by atoms with Gasteiger partial charge in [0.2, 0.25) is 5.89 Å². The molecule has 1 aliphatic rings. The summed E-state index contributed by atoms with van der Waals surface area (Å²) in [6.45, 7) is 4.31. The first-order valence-corrected chi connectivity index (χ1v) is 12.2. The van der Waals surface area contributed by atoms with Crippen LogP contribution in [0.5, 0.6) is 0 Å². The number of nitrogen functional groups attached to an aromatic ring is 1. The van der Waals surface area contributed by atoms with Crippen LogP contribution >= 0.6 is 0 Å². The number of anilines is 1. The van der Waals surface area contributed by atoms with Crippen LogP contribution in [0, 0.1) is 0 Å². The number of nitrogens with two attached hydrogens (primary N) is 1. The van der Waals surface area contributed by atoms with Crippen molar-refractivity contribution in [1.29, 1.82) is 0 Å². The van der Waals surface area contributed by atoms with Crippen molar-refractivity contribution in [3.63, 3.8) is 0 Å². The van der Waals surface area contributed by atoms with E-state index in [0.717, 1.165) is 28.9 Å². The zero-order valence-electron chi connectivity index (χ0n) is 22.6. The first kappa shape index (κ1) is 30.9. The van der Waals surface area contributed by atoms with Crippen molar-refractivity contribution in [3.8, 4) is 11.5 Å². The lowest BCUT2D eigenvalue weighted by Crippen LogP contribution is -2.33. The second kappa shape index (κ2) is 15.2. The highest BCUT2D eigenvalue weighted by molar-refractivity contribution is 5.93. The van der Waals surface area contributed by atoms with E-state index < -0.39 is 6.18 Å². The first-order valence-electron chi connectivity index (χ1n) is 12.2. The number of fused-ring (bicyclic) bond motifs is 1. The summed E-state index contributed by atoms with van der Waals surface area (Å²) < 4.78 is 38.3. The number of aromatic nitrogens is 4. The molecule has 4 N–H and O–H groups in total. The van der Waals surface area contributed by atoms with Crippen molar-refractivity contribution >= 4 is 17.2 Å². The van der Waals surface area contributed by atoms with Gasteiger partial charge in [0, 0.05) is 44.7 Å². The zero-order valence-corrected chi connectivity index (χ0v) is 22.6. The number of alkyl halides is 3. The number of halogens is 3. The van der Waals surface area contributed by atoms with Crippen molar-refractivity contribution in [3.05, 3.63) is 79.3 Å². The van der Waals surface area contributed by atoms with Crippen LogP contribution < -0.4 is 16.4 Å². The summed E-state index contributed by atoms with van der Waals surface area (Å²) in [5.41, 5.74) is 8.68. The van der Waals surface area contributed by atoms with Gasteiger partial charge in [0.1, 0.15) is 23.9 Å². The Morgan fingerprint density at radius 3 is 2.59 bits per heavy atom. The summed E-state index contributed by atoms with van der Waals surface area (Å²) in [6.07, 6.45) is 19.6. The van der Waals surface area contributed by atoms with Crippen LogP contribution in [0.25, 0.3) is 17.0 Å². The molecule has 210 valence electrons. The molecular formula is C27H35F3N8O. The molecule has 0 spiro atoms. The average Bonchev–Trinajstić information content (AvgIpc) is 3.54. The molecule has 2 atom stereocenters. The van der Waals surface area contributed by atoms with Gasteiger partial charge in [-0.2, -0.15) is 18.3 Å². The van der Waals surface area contributed by atoms with Crippen molar-refractivity contribution < 1.29 is 17.6 Å². The van der Waals surface area contributed by atoms with Gasteiger partial charge < -0.3 is 20.8 Å². The number of amidine groups is 1. The Morgan fingerprint density at radius 1 is 1.28 bits per heavy atom. The van der Waals surface area contributed by atoms with E-state index in [4.69, 9.17) is 10.2 Å². The molecule has 12 heteroatoms. The van der Waals surface area contributed by atoms with E-state index in [-0.39, 0.29) is 12.8 Å². The van der Waals surface area contributed by atoms with Gasteiger partial charge >= 0.3 is 6.18 Å². The molecule has 0 bridgehead atoms. The Morgan fingerprint density at radius 2 is 2.03 bits per heavy atom. The monoisotopic (exact) mass is 544 g/mol. The number of hydrogen-bond acceptors (Lipinski definition) is 7. The third kappa shape index (κ3) is 10.1. The lowest BCUT2D eigenvalue weighted by atomic mass is 9.95. The van der Waals surface area contributed by atoms with Gasteiger partial charge in [-0.25, -0.2) is 14.5 Å². The Kier molecular flexibility index (Phi) is 12.0. The van der Waals surface area contributed by atoms with Crippen LogP contribution in [0.1, 0.15) is 38.7 Å². The number of hydrogen-bond donors (Lipinski definition) is 3. The van der Waals surface area contributed by atoms with Crippen LogP contribution in [0.4, 0.5) is 19.0 Å². The van der Waals surface area contributed by atoms with E-state index in [9.17, 15) is 13.2 Å². The largest absolute Gasteiger partial charge is 0.444 e. The van der Waals surface area contributed by atoms with Gasteiger partial charge in [0.25, 0.3) is 0 Å². The van der Waals surface area contributed by atoms with E-state index in [1.165, 1.54) is 6.33 Å². The fourth-order valence-corrected chi connectivity index (χ4v) is 3.60. The Balaban J connectivity index is 0.000000313. The minimum atomic E-state index is -4.00. The van der Waals surface area contributed by atoms with E-state index >= 15 is 0 Å². The van der Waals surface area contributed by atoms with Crippen LogP contribution in [-0.2, 0) is 0 Å². The molecule has 1 aliphatic heterocycles. The average molecular weight is 545 g/mol. The first-order chi connectivity index (χ1) is 18.6. The van der Waals surface area contributed by atoms with E-state index in [1.807, 2.05) is 50.7 Å². The van der Waals surface area contributed by atoms with Gasteiger partial charge in [-0.3, -0.25) is 4.99 Å². The quantitative estimate of drug-likeness (QED) is 0.279. The summed E-state index contributed by atoms with van der Waals surface area (Å²) in [7, 11) is 3.65. The lowest BCUT2D eigenvalue weighted by Gasteiger charge is -2.16. The predicted molar refractivity (Wildman–Crippen MR) is 149 cm³/mol. The molecular weight excluding hydrogens is 509 g/mol. The van der Waals surface area contributed by atoms with E-state index in [0.29, 0.717) is 17.8 Å². The summed E-state index contributed by atoms with van der Waals surface area (Å²) in [6, 6.07) is 0.550. The van der Waals surface area contributed by atoms with Gasteiger partial charge in [0.15, 0.2) is 5.82 Å². The molecule has 39 heavy (non-hydrogen) atoms. The molecule has 4 rings (SSSR count). The summed E-state index contributed by atoms with van der Waals surface area (Å²) in [5, 5.41) is 10.5. The number of oxazole rings is 1. The molecule has 9 nitrogen and oxygen atoms in total. The van der Waals surface area contributed by atoms with Gasteiger partial charge in [-0.05, 0) is 38.6 Å². The fourth-order valence-electron chi connectivity index (χ4n) is 3.60. The Hall–Kier alpha value is -4.35. The molecule has 0 fully saturated rings. The number of nitrogens with zero attached hydrogens (tertiary/aromatic N) is 5. The third-order valence-electron chi connectivity index (χ3n) is 5.13. The molecule has 0 radical (unpaired) electrons. The van der Waals surface area contributed by atoms with Crippen molar-refractivity contribution in [2.75, 3.05) is 19.8 Å². The minimum absolute atomic E-state index is 0.0355. The summed E-state index contributed by atoms with van der Waals surface area (Å²) in [5.74, 6) is 1.89. The molecule has 3 aromatic rings. The maximum Gasteiger partial charge on any atom is 0.386 e. The summed E-state index contributed by atoms with van der Waals surface area (Å²) in [4.78, 5) is 12.4.